The van der Waals surface area contributed by atoms with Gasteiger partial charge in [-0.3, -0.25) is 0 Å². The van der Waals surface area contributed by atoms with Gasteiger partial charge in [-0.05, 0) is 45.0 Å². The number of aliphatic hydroxyl groups is 1. The summed E-state index contributed by atoms with van der Waals surface area (Å²) in [5, 5.41) is 19.8. The minimum absolute atomic E-state index is 0.575. The molecular weight excluding hydrogens is 294 g/mol. The van der Waals surface area contributed by atoms with Crippen molar-refractivity contribution in [3.05, 3.63) is 29.3 Å². The number of rotatable bonds is 5. The van der Waals surface area contributed by atoms with Gasteiger partial charge in [0, 0.05) is 22.9 Å². The fourth-order valence-electron chi connectivity index (χ4n) is 1.73. The molecule has 2 rings (SSSR count). The first kappa shape index (κ1) is 15.4. The van der Waals surface area contributed by atoms with Crippen molar-refractivity contribution in [1.29, 1.82) is 0 Å². The van der Waals surface area contributed by atoms with Crippen LogP contribution in [0.1, 0.15) is 20.8 Å². The third-order valence-corrected chi connectivity index (χ3v) is 4.35. The lowest BCUT2D eigenvalue weighted by atomic mass is 10.2. The average molecular weight is 312 g/mol. The van der Waals surface area contributed by atoms with Crippen molar-refractivity contribution in [2.24, 2.45) is 0 Å². The van der Waals surface area contributed by atoms with Gasteiger partial charge >= 0.3 is 0 Å². The minimum Gasteiger partial charge on any atom is -0.390 e. The number of hydrogen-bond acceptors (Lipinski definition) is 4. The summed E-state index contributed by atoms with van der Waals surface area (Å²) in [5.74, 6) is 1.40. The monoisotopic (exact) mass is 311 g/mol. The third kappa shape index (κ3) is 3.75. The number of thioether (sulfide) groups is 1. The van der Waals surface area contributed by atoms with Crippen molar-refractivity contribution >= 4 is 23.4 Å². The standard InChI is InChI=1S/C14H18ClN3OS/c1-4-18-12(10-5-7-11(15)8-6-10)16-17-13(18)20-9-14(2,3)19/h5-8,19H,4,9H2,1-3H3. The van der Waals surface area contributed by atoms with Gasteiger partial charge in [-0.15, -0.1) is 10.2 Å². The van der Waals surface area contributed by atoms with Crippen molar-refractivity contribution in [1.82, 2.24) is 14.8 Å². The van der Waals surface area contributed by atoms with E-state index in [-0.39, 0.29) is 0 Å². The van der Waals surface area contributed by atoms with Crippen LogP contribution in [0.2, 0.25) is 5.02 Å². The zero-order chi connectivity index (χ0) is 14.8. The molecule has 0 unspecified atom stereocenters. The summed E-state index contributed by atoms with van der Waals surface area (Å²) in [6.45, 7) is 6.40. The molecule has 0 bridgehead atoms. The Balaban J connectivity index is 2.27. The van der Waals surface area contributed by atoms with Crippen molar-refractivity contribution in [2.75, 3.05) is 5.75 Å². The van der Waals surface area contributed by atoms with Gasteiger partial charge in [0.2, 0.25) is 0 Å². The van der Waals surface area contributed by atoms with E-state index in [0.29, 0.717) is 10.8 Å². The summed E-state index contributed by atoms with van der Waals surface area (Å²) in [6, 6.07) is 7.55. The third-order valence-electron chi connectivity index (χ3n) is 2.69. The molecule has 2 aromatic rings. The largest absolute Gasteiger partial charge is 0.390 e. The first-order chi connectivity index (χ1) is 9.40. The Hall–Kier alpha value is -1.04. The van der Waals surface area contributed by atoms with Crippen LogP contribution in [0, 0.1) is 0 Å². The molecule has 1 heterocycles. The molecule has 0 amide bonds. The van der Waals surface area contributed by atoms with Gasteiger partial charge in [0.25, 0.3) is 0 Å². The van der Waals surface area contributed by atoms with Crippen molar-refractivity contribution in [2.45, 2.75) is 38.1 Å². The van der Waals surface area contributed by atoms with Gasteiger partial charge in [-0.25, -0.2) is 0 Å². The van der Waals surface area contributed by atoms with Gasteiger partial charge < -0.3 is 9.67 Å². The molecule has 0 aliphatic carbocycles. The first-order valence-electron chi connectivity index (χ1n) is 6.45. The molecule has 0 fully saturated rings. The second-order valence-corrected chi connectivity index (χ2v) is 6.54. The lowest BCUT2D eigenvalue weighted by molar-refractivity contribution is 0.107. The van der Waals surface area contributed by atoms with Crippen LogP contribution in [0.15, 0.2) is 29.4 Å². The lowest BCUT2D eigenvalue weighted by Crippen LogP contribution is -2.22. The number of hydrogen-bond donors (Lipinski definition) is 1. The van der Waals surface area contributed by atoms with E-state index in [0.717, 1.165) is 23.1 Å². The summed E-state index contributed by atoms with van der Waals surface area (Å²) < 4.78 is 2.04. The molecule has 0 aliphatic rings. The second kappa shape index (κ2) is 6.16. The van der Waals surface area contributed by atoms with E-state index in [1.165, 1.54) is 11.8 Å². The normalized spacial score (nSPS) is 11.8. The molecule has 6 heteroatoms. The maximum absolute atomic E-state index is 9.80. The van der Waals surface area contributed by atoms with E-state index in [2.05, 4.69) is 17.1 Å². The zero-order valence-electron chi connectivity index (χ0n) is 11.8. The Morgan fingerprint density at radius 1 is 1.25 bits per heavy atom. The zero-order valence-corrected chi connectivity index (χ0v) is 13.4. The number of aromatic nitrogens is 3. The summed E-state index contributed by atoms with van der Waals surface area (Å²) >= 11 is 7.41. The van der Waals surface area contributed by atoms with Gasteiger partial charge in [-0.1, -0.05) is 23.4 Å². The highest BCUT2D eigenvalue weighted by atomic mass is 35.5. The molecule has 108 valence electrons. The minimum atomic E-state index is -0.727. The highest BCUT2D eigenvalue weighted by Crippen LogP contribution is 2.26. The average Bonchev–Trinajstić information content (AvgIpc) is 2.79. The highest BCUT2D eigenvalue weighted by Gasteiger charge is 2.18. The number of nitrogens with zero attached hydrogens (tertiary/aromatic N) is 3. The molecule has 0 aliphatic heterocycles. The molecule has 0 saturated heterocycles. The number of halogens is 1. The fraction of sp³-hybridized carbons (Fsp3) is 0.429. The summed E-state index contributed by atoms with van der Waals surface area (Å²) in [7, 11) is 0. The Morgan fingerprint density at radius 2 is 1.90 bits per heavy atom. The van der Waals surface area contributed by atoms with Gasteiger partial charge in [0.05, 0.1) is 5.60 Å². The molecule has 4 nitrogen and oxygen atoms in total. The molecule has 0 spiro atoms. The van der Waals surface area contributed by atoms with Gasteiger partial charge in [-0.2, -0.15) is 0 Å². The van der Waals surface area contributed by atoms with Crippen LogP contribution in [0.5, 0.6) is 0 Å². The first-order valence-corrected chi connectivity index (χ1v) is 7.81. The molecule has 0 saturated carbocycles. The molecule has 0 radical (unpaired) electrons. The molecule has 1 aromatic carbocycles. The van der Waals surface area contributed by atoms with Crippen LogP contribution in [0.4, 0.5) is 0 Å². The topological polar surface area (TPSA) is 50.9 Å². The van der Waals surface area contributed by atoms with Gasteiger partial charge in [0.1, 0.15) is 0 Å². The van der Waals surface area contributed by atoms with E-state index in [4.69, 9.17) is 11.6 Å². The Labute approximate surface area is 128 Å². The molecule has 1 aromatic heterocycles. The van der Waals surface area contributed by atoms with Gasteiger partial charge in [0.15, 0.2) is 11.0 Å². The lowest BCUT2D eigenvalue weighted by Gasteiger charge is -2.16. The van der Waals surface area contributed by atoms with Crippen LogP contribution in [0.3, 0.4) is 0 Å². The van der Waals surface area contributed by atoms with E-state index < -0.39 is 5.60 Å². The quantitative estimate of drug-likeness (QED) is 0.859. The smallest absolute Gasteiger partial charge is 0.191 e. The summed E-state index contributed by atoms with van der Waals surface area (Å²) in [4.78, 5) is 0. The predicted molar refractivity (Wildman–Crippen MR) is 83.2 cm³/mol. The fourth-order valence-corrected chi connectivity index (χ4v) is 2.81. The highest BCUT2D eigenvalue weighted by molar-refractivity contribution is 7.99. The van der Waals surface area contributed by atoms with Crippen LogP contribution < -0.4 is 0 Å². The van der Waals surface area contributed by atoms with E-state index in [1.54, 1.807) is 13.8 Å². The van der Waals surface area contributed by atoms with Crippen LogP contribution in [-0.2, 0) is 6.54 Å². The summed E-state index contributed by atoms with van der Waals surface area (Å²) in [5.41, 5.74) is 0.258. The van der Waals surface area contributed by atoms with Crippen molar-refractivity contribution < 1.29 is 5.11 Å². The van der Waals surface area contributed by atoms with Crippen molar-refractivity contribution in [3.63, 3.8) is 0 Å². The van der Waals surface area contributed by atoms with Crippen LogP contribution in [-0.4, -0.2) is 31.2 Å². The van der Waals surface area contributed by atoms with Crippen molar-refractivity contribution in [3.8, 4) is 11.4 Å². The Morgan fingerprint density at radius 3 is 2.45 bits per heavy atom. The second-order valence-electron chi connectivity index (χ2n) is 5.16. The molecule has 0 atom stereocenters. The molecule has 20 heavy (non-hydrogen) atoms. The predicted octanol–water partition coefficient (Wildman–Crippen LogP) is 3.48. The van der Waals surface area contributed by atoms with E-state index in [9.17, 15) is 5.11 Å². The number of benzene rings is 1. The van der Waals surface area contributed by atoms with E-state index in [1.807, 2.05) is 28.8 Å². The maximum Gasteiger partial charge on any atom is 0.191 e. The van der Waals surface area contributed by atoms with Crippen LogP contribution in [0.25, 0.3) is 11.4 Å². The SMILES string of the molecule is CCn1c(SCC(C)(C)O)nnc1-c1ccc(Cl)cc1. The maximum atomic E-state index is 9.80. The Bertz CT molecular complexity index is 575. The molecular formula is C14H18ClN3OS. The van der Waals surface area contributed by atoms with Crippen LogP contribution >= 0.6 is 23.4 Å². The molecule has 1 N–H and O–H groups in total. The summed E-state index contributed by atoms with van der Waals surface area (Å²) in [6.07, 6.45) is 0. The van der Waals surface area contributed by atoms with E-state index >= 15 is 0 Å². The Kier molecular flexibility index (Phi) is 4.73.